The van der Waals surface area contributed by atoms with Gasteiger partial charge in [-0.15, -0.1) is 21.5 Å². The summed E-state index contributed by atoms with van der Waals surface area (Å²) in [4.78, 5) is 0.971. The number of thioether (sulfide) groups is 1. The van der Waals surface area contributed by atoms with Gasteiger partial charge in [0.25, 0.3) is 11.1 Å². The minimum atomic E-state index is -0.263. The van der Waals surface area contributed by atoms with Crippen molar-refractivity contribution in [2.75, 3.05) is 12.4 Å². The maximum absolute atomic E-state index is 12.7. The summed E-state index contributed by atoms with van der Waals surface area (Å²) in [5.74, 6) is 1.78. The van der Waals surface area contributed by atoms with Gasteiger partial charge in [-0.2, -0.15) is 0 Å². The summed E-state index contributed by atoms with van der Waals surface area (Å²) in [5, 5.41) is 10.6. The van der Waals surface area contributed by atoms with E-state index < -0.39 is 0 Å². The van der Waals surface area contributed by atoms with Crippen molar-refractivity contribution in [3.63, 3.8) is 0 Å². The van der Waals surface area contributed by atoms with Crippen LogP contribution in [0.5, 0.6) is 5.75 Å². The highest BCUT2D eigenvalue weighted by atomic mass is 32.2. The molecule has 0 bridgehead atoms. The topological polar surface area (TPSA) is 48.2 Å². The van der Waals surface area contributed by atoms with Gasteiger partial charge in [-0.3, -0.25) is 0 Å². The fourth-order valence-electron chi connectivity index (χ4n) is 1.71. The third-order valence-corrected chi connectivity index (χ3v) is 4.50. The van der Waals surface area contributed by atoms with Gasteiger partial charge >= 0.3 is 0 Å². The van der Waals surface area contributed by atoms with Crippen LogP contribution in [0.15, 0.2) is 51.4 Å². The number of benzene rings is 1. The van der Waals surface area contributed by atoms with Crippen molar-refractivity contribution in [1.29, 1.82) is 0 Å². The van der Waals surface area contributed by atoms with Gasteiger partial charge in [0.05, 0.1) is 11.5 Å². The predicted molar refractivity (Wildman–Crippen MR) is 84.8 cm³/mol. The number of nitrogens with zero attached hydrogens (tertiary/aromatic N) is 2. The highest BCUT2D eigenvalue weighted by Gasteiger charge is 2.09. The van der Waals surface area contributed by atoms with E-state index in [0.29, 0.717) is 23.5 Å². The average molecular weight is 336 g/mol. The molecule has 0 saturated carbocycles. The SMILES string of the molecule is Fc1ccc(OCCCSc2nnc(-c3cccs3)o2)cc1. The van der Waals surface area contributed by atoms with Crippen LogP contribution < -0.4 is 4.74 Å². The smallest absolute Gasteiger partial charge is 0.276 e. The molecular formula is C15H13FN2O2S2. The van der Waals surface area contributed by atoms with Crippen LogP contribution in [0.2, 0.25) is 0 Å². The maximum Gasteiger partial charge on any atom is 0.276 e. The molecule has 7 heteroatoms. The van der Waals surface area contributed by atoms with Crippen LogP contribution in [-0.4, -0.2) is 22.6 Å². The Hall–Kier alpha value is -1.86. The minimum absolute atomic E-state index is 0.263. The molecule has 2 heterocycles. The molecule has 0 unspecified atom stereocenters. The van der Waals surface area contributed by atoms with E-state index in [9.17, 15) is 4.39 Å². The van der Waals surface area contributed by atoms with E-state index >= 15 is 0 Å². The zero-order valence-electron chi connectivity index (χ0n) is 11.6. The van der Waals surface area contributed by atoms with E-state index in [0.717, 1.165) is 17.1 Å². The van der Waals surface area contributed by atoms with Crippen molar-refractivity contribution >= 4 is 23.1 Å². The van der Waals surface area contributed by atoms with E-state index in [-0.39, 0.29) is 5.82 Å². The molecular weight excluding hydrogens is 323 g/mol. The summed E-state index contributed by atoms with van der Waals surface area (Å²) < 4.78 is 23.8. The first-order valence-electron chi connectivity index (χ1n) is 6.70. The van der Waals surface area contributed by atoms with E-state index in [1.807, 2.05) is 17.5 Å². The number of rotatable bonds is 7. The van der Waals surface area contributed by atoms with Gasteiger partial charge < -0.3 is 9.15 Å². The van der Waals surface area contributed by atoms with Gasteiger partial charge in [0.15, 0.2) is 0 Å². The molecule has 0 aliphatic carbocycles. The largest absolute Gasteiger partial charge is 0.494 e. The monoisotopic (exact) mass is 336 g/mol. The molecule has 22 heavy (non-hydrogen) atoms. The molecule has 4 nitrogen and oxygen atoms in total. The Morgan fingerprint density at radius 3 is 2.82 bits per heavy atom. The molecule has 0 atom stereocenters. The molecule has 3 aromatic rings. The fraction of sp³-hybridized carbons (Fsp3) is 0.200. The third kappa shape index (κ3) is 4.08. The number of hydrogen-bond acceptors (Lipinski definition) is 6. The molecule has 0 aliphatic heterocycles. The second kappa shape index (κ2) is 7.42. The second-order valence-corrected chi connectivity index (χ2v) is 6.35. The maximum atomic E-state index is 12.7. The summed E-state index contributed by atoms with van der Waals surface area (Å²) >= 11 is 3.07. The van der Waals surface area contributed by atoms with Crippen LogP contribution in [0.3, 0.4) is 0 Å². The van der Waals surface area contributed by atoms with Crippen molar-refractivity contribution in [1.82, 2.24) is 10.2 Å². The first-order valence-corrected chi connectivity index (χ1v) is 8.56. The number of aromatic nitrogens is 2. The summed E-state index contributed by atoms with van der Waals surface area (Å²) in [6, 6.07) is 9.90. The molecule has 3 rings (SSSR count). The van der Waals surface area contributed by atoms with Crippen molar-refractivity contribution in [2.45, 2.75) is 11.6 Å². The van der Waals surface area contributed by atoms with E-state index in [2.05, 4.69) is 10.2 Å². The number of hydrogen-bond donors (Lipinski definition) is 0. The van der Waals surface area contributed by atoms with E-state index in [1.165, 1.54) is 23.9 Å². The van der Waals surface area contributed by atoms with Gasteiger partial charge in [0.2, 0.25) is 0 Å². The molecule has 0 radical (unpaired) electrons. The minimum Gasteiger partial charge on any atom is -0.494 e. The quantitative estimate of drug-likeness (QED) is 0.470. The summed E-state index contributed by atoms with van der Waals surface area (Å²) in [6.45, 7) is 0.560. The third-order valence-electron chi connectivity index (χ3n) is 2.73. The van der Waals surface area contributed by atoms with E-state index in [1.54, 1.807) is 23.5 Å². The van der Waals surface area contributed by atoms with Gasteiger partial charge in [-0.05, 0) is 42.1 Å². The Kier molecular flexibility index (Phi) is 5.07. The Balaban J connectivity index is 1.39. The molecule has 2 aromatic heterocycles. The first kappa shape index (κ1) is 15.1. The Bertz CT molecular complexity index is 699. The molecule has 114 valence electrons. The Morgan fingerprint density at radius 2 is 2.05 bits per heavy atom. The summed E-state index contributed by atoms with van der Waals surface area (Å²) in [7, 11) is 0. The van der Waals surface area contributed by atoms with E-state index in [4.69, 9.17) is 9.15 Å². The molecule has 1 aromatic carbocycles. The van der Waals surface area contributed by atoms with Crippen LogP contribution in [-0.2, 0) is 0 Å². The van der Waals surface area contributed by atoms with Crippen molar-refractivity contribution < 1.29 is 13.5 Å². The predicted octanol–water partition coefficient (Wildman–Crippen LogP) is 4.50. The number of thiophene rings is 1. The first-order chi connectivity index (χ1) is 10.8. The lowest BCUT2D eigenvalue weighted by Crippen LogP contribution is -1.98. The lowest BCUT2D eigenvalue weighted by molar-refractivity contribution is 0.318. The fourth-order valence-corrected chi connectivity index (χ4v) is 3.02. The lowest BCUT2D eigenvalue weighted by Gasteiger charge is -2.04. The zero-order valence-corrected chi connectivity index (χ0v) is 13.2. The standard InChI is InChI=1S/C15H13FN2O2S2/c16-11-4-6-12(7-5-11)19-8-2-10-22-15-18-17-14(20-15)13-3-1-9-21-13/h1,3-7,9H,2,8,10H2. The van der Waals surface area contributed by atoms with Gasteiger partial charge in [0.1, 0.15) is 11.6 Å². The van der Waals surface area contributed by atoms with Gasteiger partial charge in [-0.1, -0.05) is 17.8 Å². The highest BCUT2D eigenvalue weighted by molar-refractivity contribution is 7.99. The molecule has 0 aliphatic rings. The molecule has 0 N–H and O–H groups in total. The number of ether oxygens (including phenoxy) is 1. The Labute approximate surface area is 135 Å². The van der Waals surface area contributed by atoms with Crippen molar-refractivity contribution in [2.24, 2.45) is 0 Å². The molecule has 0 spiro atoms. The lowest BCUT2D eigenvalue weighted by atomic mass is 10.3. The van der Waals surface area contributed by atoms with Crippen LogP contribution in [0.25, 0.3) is 10.8 Å². The van der Waals surface area contributed by atoms with Crippen LogP contribution in [0, 0.1) is 5.82 Å². The summed E-state index contributed by atoms with van der Waals surface area (Å²) in [5.41, 5.74) is 0. The molecule has 0 amide bonds. The van der Waals surface area contributed by atoms with Crippen LogP contribution in [0.1, 0.15) is 6.42 Å². The zero-order chi connectivity index (χ0) is 15.2. The molecule has 0 fully saturated rings. The Morgan fingerprint density at radius 1 is 1.18 bits per heavy atom. The highest BCUT2D eigenvalue weighted by Crippen LogP contribution is 2.26. The van der Waals surface area contributed by atoms with Crippen molar-refractivity contribution in [3.8, 4) is 16.5 Å². The van der Waals surface area contributed by atoms with Gasteiger partial charge in [-0.25, -0.2) is 4.39 Å². The van der Waals surface area contributed by atoms with Crippen LogP contribution in [0.4, 0.5) is 4.39 Å². The average Bonchev–Trinajstić information content (AvgIpc) is 3.19. The van der Waals surface area contributed by atoms with Crippen molar-refractivity contribution in [3.05, 3.63) is 47.6 Å². The van der Waals surface area contributed by atoms with Crippen LogP contribution >= 0.6 is 23.1 Å². The second-order valence-electron chi connectivity index (χ2n) is 4.35. The normalized spacial score (nSPS) is 10.8. The van der Waals surface area contributed by atoms with Gasteiger partial charge in [0, 0.05) is 5.75 Å². The molecule has 0 saturated heterocycles. The summed E-state index contributed by atoms with van der Waals surface area (Å²) in [6.07, 6.45) is 0.832. The number of halogens is 1.